The maximum Gasteiger partial charge on any atom is 0.267 e. The number of amides is 1. The first-order valence-electron chi connectivity index (χ1n) is 11.0. The van der Waals surface area contributed by atoms with Gasteiger partial charge in [-0.2, -0.15) is 5.10 Å². The molecule has 0 aliphatic rings. The van der Waals surface area contributed by atoms with Gasteiger partial charge < -0.3 is 5.32 Å². The van der Waals surface area contributed by atoms with Gasteiger partial charge in [-0.05, 0) is 51.1 Å². The van der Waals surface area contributed by atoms with E-state index in [9.17, 15) is 18.0 Å². The number of rotatable bonds is 7. The average molecular weight is 505 g/mol. The van der Waals surface area contributed by atoms with Crippen LogP contribution in [0.3, 0.4) is 0 Å². The molecule has 4 rings (SSSR count). The molecule has 2 heterocycles. The standard InChI is InChI=1S/C25H24N6O4S/c1-16-4-6-19(7-5-16)22-12-13-25(33)31(29-22)15-24(32)28-20-8-10-21(11-9-20)36(34,35)30-23-14-17(2)26-18(3)27-23/h4-14H,15H2,1-3H3,(H,28,32)(H,26,27,30). The molecule has 2 aromatic heterocycles. The Morgan fingerprint density at radius 1 is 0.917 bits per heavy atom. The topological polar surface area (TPSA) is 136 Å². The Hall–Kier alpha value is -4.38. The first-order chi connectivity index (χ1) is 17.1. The van der Waals surface area contributed by atoms with Gasteiger partial charge in [-0.3, -0.25) is 14.3 Å². The van der Waals surface area contributed by atoms with Crippen molar-refractivity contribution in [1.29, 1.82) is 0 Å². The quantitative estimate of drug-likeness (QED) is 0.395. The Morgan fingerprint density at radius 2 is 1.61 bits per heavy atom. The summed E-state index contributed by atoms with van der Waals surface area (Å²) < 4.78 is 28.9. The Balaban J connectivity index is 1.44. The second-order valence-corrected chi connectivity index (χ2v) is 9.88. The second kappa shape index (κ2) is 10.1. The molecule has 0 radical (unpaired) electrons. The molecule has 0 spiro atoms. The number of hydrogen-bond acceptors (Lipinski definition) is 7. The fraction of sp³-hybridized carbons (Fsp3) is 0.160. The highest BCUT2D eigenvalue weighted by molar-refractivity contribution is 7.92. The monoisotopic (exact) mass is 504 g/mol. The van der Waals surface area contributed by atoms with E-state index in [1.807, 2.05) is 31.2 Å². The first kappa shape index (κ1) is 24.7. The van der Waals surface area contributed by atoms with Crippen molar-refractivity contribution >= 4 is 27.4 Å². The molecular weight excluding hydrogens is 480 g/mol. The van der Waals surface area contributed by atoms with E-state index in [2.05, 4.69) is 25.1 Å². The molecule has 4 aromatic rings. The molecule has 2 N–H and O–H groups in total. The summed E-state index contributed by atoms with van der Waals surface area (Å²) in [7, 11) is -3.89. The minimum Gasteiger partial charge on any atom is -0.324 e. The van der Waals surface area contributed by atoms with Gasteiger partial charge in [0.05, 0.1) is 10.6 Å². The van der Waals surface area contributed by atoms with Gasteiger partial charge in [-0.1, -0.05) is 29.8 Å². The summed E-state index contributed by atoms with van der Waals surface area (Å²) in [6.45, 7) is 5.09. The van der Waals surface area contributed by atoms with Crippen LogP contribution in [0.1, 0.15) is 17.1 Å². The van der Waals surface area contributed by atoms with Gasteiger partial charge in [0.15, 0.2) is 0 Å². The minimum absolute atomic E-state index is 0.00176. The van der Waals surface area contributed by atoms with E-state index < -0.39 is 21.5 Å². The van der Waals surface area contributed by atoms with Crippen LogP contribution in [0, 0.1) is 20.8 Å². The van der Waals surface area contributed by atoms with Crippen LogP contribution in [0.25, 0.3) is 11.3 Å². The molecule has 0 saturated heterocycles. The van der Waals surface area contributed by atoms with E-state index in [0.29, 0.717) is 22.9 Å². The molecule has 2 aromatic carbocycles. The fourth-order valence-corrected chi connectivity index (χ4v) is 4.45. The van der Waals surface area contributed by atoms with E-state index in [1.54, 1.807) is 19.9 Å². The Bertz CT molecular complexity index is 1560. The van der Waals surface area contributed by atoms with Crippen molar-refractivity contribution in [2.45, 2.75) is 32.2 Å². The third kappa shape index (κ3) is 5.99. The lowest BCUT2D eigenvalue weighted by Crippen LogP contribution is -2.29. The summed E-state index contributed by atoms with van der Waals surface area (Å²) in [6, 6.07) is 17.8. The summed E-state index contributed by atoms with van der Waals surface area (Å²) in [5.74, 6) is 0.137. The van der Waals surface area contributed by atoms with Crippen LogP contribution < -0.4 is 15.6 Å². The number of carbonyl (C=O) groups is 1. The highest BCUT2D eigenvalue weighted by Crippen LogP contribution is 2.18. The predicted molar refractivity (Wildman–Crippen MR) is 136 cm³/mol. The second-order valence-electron chi connectivity index (χ2n) is 8.20. The average Bonchev–Trinajstić information content (AvgIpc) is 2.80. The third-order valence-corrected chi connectivity index (χ3v) is 6.53. The van der Waals surface area contributed by atoms with Crippen LogP contribution in [-0.4, -0.2) is 34.1 Å². The van der Waals surface area contributed by atoms with Crippen molar-refractivity contribution in [1.82, 2.24) is 19.7 Å². The maximum atomic E-state index is 12.7. The Labute approximate surface area is 208 Å². The van der Waals surface area contributed by atoms with Gasteiger partial charge in [-0.25, -0.2) is 23.1 Å². The molecule has 0 aliphatic heterocycles. The molecule has 0 atom stereocenters. The fourth-order valence-electron chi connectivity index (χ4n) is 3.46. The zero-order chi connectivity index (χ0) is 25.9. The SMILES string of the molecule is Cc1ccc(-c2ccc(=O)n(CC(=O)Nc3ccc(S(=O)(=O)Nc4cc(C)nc(C)n4)cc3)n2)cc1. The molecule has 36 heavy (non-hydrogen) atoms. The lowest BCUT2D eigenvalue weighted by molar-refractivity contribution is -0.117. The summed E-state index contributed by atoms with van der Waals surface area (Å²) >= 11 is 0. The van der Waals surface area contributed by atoms with E-state index >= 15 is 0 Å². The highest BCUT2D eigenvalue weighted by Gasteiger charge is 2.16. The van der Waals surface area contributed by atoms with E-state index in [0.717, 1.165) is 15.8 Å². The predicted octanol–water partition coefficient (Wildman–Crippen LogP) is 3.07. The van der Waals surface area contributed by atoms with Crippen molar-refractivity contribution in [2.75, 3.05) is 10.0 Å². The molecule has 1 amide bonds. The van der Waals surface area contributed by atoms with Crippen LogP contribution in [-0.2, 0) is 21.4 Å². The Morgan fingerprint density at radius 3 is 2.28 bits per heavy atom. The van der Waals surface area contributed by atoms with E-state index in [1.165, 1.54) is 36.4 Å². The highest BCUT2D eigenvalue weighted by atomic mass is 32.2. The van der Waals surface area contributed by atoms with Gasteiger partial charge in [0, 0.05) is 29.1 Å². The van der Waals surface area contributed by atoms with Crippen LogP contribution in [0.2, 0.25) is 0 Å². The summed E-state index contributed by atoms with van der Waals surface area (Å²) in [4.78, 5) is 33.0. The summed E-state index contributed by atoms with van der Waals surface area (Å²) in [5.41, 5.74) is 3.08. The molecule has 10 nitrogen and oxygen atoms in total. The number of sulfonamides is 1. The zero-order valence-electron chi connectivity index (χ0n) is 19.9. The molecule has 0 aliphatic carbocycles. The normalized spacial score (nSPS) is 11.2. The van der Waals surface area contributed by atoms with Crippen molar-refractivity contribution in [3.05, 3.63) is 94.2 Å². The van der Waals surface area contributed by atoms with Crippen LogP contribution >= 0.6 is 0 Å². The first-order valence-corrected chi connectivity index (χ1v) is 12.5. The van der Waals surface area contributed by atoms with E-state index in [4.69, 9.17) is 0 Å². The maximum absolute atomic E-state index is 12.7. The van der Waals surface area contributed by atoms with Gasteiger partial charge in [-0.15, -0.1) is 0 Å². The largest absolute Gasteiger partial charge is 0.324 e. The number of nitrogens with one attached hydrogen (secondary N) is 2. The molecule has 11 heteroatoms. The van der Waals surface area contributed by atoms with E-state index in [-0.39, 0.29) is 17.3 Å². The van der Waals surface area contributed by atoms with Crippen molar-refractivity contribution < 1.29 is 13.2 Å². The molecule has 0 bridgehead atoms. The zero-order valence-corrected chi connectivity index (χ0v) is 20.7. The number of aryl methyl sites for hydroxylation is 3. The molecule has 0 unspecified atom stereocenters. The third-order valence-electron chi connectivity index (χ3n) is 5.16. The smallest absolute Gasteiger partial charge is 0.267 e. The number of aromatic nitrogens is 4. The molecule has 0 saturated carbocycles. The minimum atomic E-state index is -3.89. The van der Waals surface area contributed by atoms with Gasteiger partial charge in [0.25, 0.3) is 15.6 Å². The Kier molecular flexibility index (Phi) is 6.93. The number of carbonyl (C=O) groups excluding carboxylic acids is 1. The van der Waals surface area contributed by atoms with Crippen molar-refractivity contribution in [3.63, 3.8) is 0 Å². The number of hydrogen-bond donors (Lipinski definition) is 2. The van der Waals surface area contributed by atoms with Gasteiger partial charge in [0.1, 0.15) is 18.2 Å². The van der Waals surface area contributed by atoms with Crippen LogP contribution in [0.4, 0.5) is 11.5 Å². The van der Waals surface area contributed by atoms with Crippen molar-refractivity contribution in [2.24, 2.45) is 0 Å². The number of benzene rings is 2. The number of nitrogens with zero attached hydrogens (tertiary/aromatic N) is 4. The van der Waals surface area contributed by atoms with Crippen LogP contribution in [0.15, 0.2) is 76.4 Å². The van der Waals surface area contributed by atoms with Crippen LogP contribution in [0.5, 0.6) is 0 Å². The summed E-state index contributed by atoms with van der Waals surface area (Å²) in [5, 5.41) is 6.95. The lowest BCUT2D eigenvalue weighted by Gasteiger charge is -2.10. The molecule has 184 valence electrons. The van der Waals surface area contributed by atoms with Gasteiger partial charge >= 0.3 is 0 Å². The summed E-state index contributed by atoms with van der Waals surface area (Å²) in [6.07, 6.45) is 0. The lowest BCUT2D eigenvalue weighted by atomic mass is 10.1. The molecular formula is C25H24N6O4S. The van der Waals surface area contributed by atoms with Crippen molar-refractivity contribution in [3.8, 4) is 11.3 Å². The molecule has 0 fully saturated rings. The number of anilines is 2. The van der Waals surface area contributed by atoms with Gasteiger partial charge in [0.2, 0.25) is 5.91 Å².